The standard InChI is InChI=1S/C15H16F3N3O/c16-15(17,18)11-3-4-13(12(19)8-11)21-6-5-20-14(21)10-2-1-7-22-9-10/h3-6,8,10H,1-2,7,9,19H2. The molecular formula is C15H16F3N3O. The van der Waals surface area contributed by atoms with Gasteiger partial charge in [0.25, 0.3) is 0 Å². The van der Waals surface area contributed by atoms with E-state index in [2.05, 4.69) is 4.98 Å². The highest BCUT2D eigenvalue weighted by atomic mass is 19.4. The third-order valence-corrected chi connectivity index (χ3v) is 3.81. The summed E-state index contributed by atoms with van der Waals surface area (Å²) in [6.45, 7) is 1.30. The molecule has 7 heteroatoms. The first-order chi connectivity index (χ1) is 10.5. The number of hydrogen-bond acceptors (Lipinski definition) is 3. The van der Waals surface area contributed by atoms with Crippen molar-refractivity contribution in [2.75, 3.05) is 18.9 Å². The van der Waals surface area contributed by atoms with Crippen LogP contribution in [0.3, 0.4) is 0 Å². The Morgan fingerprint density at radius 3 is 2.77 bits per heavy atom. The molecule has 4 nitrogen and oxygen atoms in total. The van der Waals surface area contributed by atoms with Crippen molar-refractivity contribution in [2.45, 2.75) is 24.9 Å². The SMILES string of the molecule is Nc1cc(C(F)(F)F)ccc1-n1ccnc1C1CCCOC1. The van der Waals surface area contributed by atoms with Crippen LogP contribution in [-0.2, 0) is 10.9 Å². The number of nitrogens with two attached hydrogens (primary N) is 1. The third-order valence-electron chi connectivity index (χ3n) is 3.81. The van der Waals surface area contributed by atoms with Gasteiger partial charge in [0, 0.05) is 24.9 Å². The molecule has 1 aliphatic rings. The second-order valence-electron chi connectivity index (χ2n) is 5.34. The Labute approximate surface area is 125 Å². The Balaban J connectivity index is 1.97. The van der Waals surface area contributed by atoms with Crippen molar-refractivity contribution in [1.29, 1.82) is 0 Å². The number of benzene rings is 1. The van der Waals surface area contributed by atoms with Gasteiger partial charge in [-0.05, 0) is 31.0 Å². The second kappa shape index (κ2) is 5.64. The Morgan fingerprint density at radius 1 is 1.32 bits per heavy atom. The smallest absolute Gasteiger partial charge is 0.397 e. The molecule has 1 aromatic carbocycles. The van der Waals surface area contributed by atoms with Crippen molar-refractivity contribution in [1.82, 2.24) is 9.55 Å². The van der Waals surface area contributed by atoms with E-state index in [0.29, 0.717) is 12.3 Å². The molecule has 0 spiro atoms. The van der Waals surface area contributed by atoms with Crippen molar-refractivity contribution in [2.24, 2.45) is 0 Å². The third kappa shape index (κ3) is 2.81. The molecule has 1 unspecified atom stereocenters. The fourth-order valence-corrected chi connectivity index (χ4v) is 2.72. The fraction of sp³-hybridized carbons (Fsp3) is 0.400. The Bertz CT molecular complexity index is 660. The van der Waals surface area contributed by atoms with Crippen LogP contribution in [0.5, 0.6) is 0 Å². The van der Waals surface area contributed by atoms with E-state index in [1.165, 1.54) is 6.07 Å². The molecule has 1 saturated heterocycles. The van der Waals surface area contributed by atoms with Gasteiger partial charge in [0.2, 0.25) is 0 Å². The highest BCUT2D eigenvalue weighted by Crippen LogP contribution is 2.33. The van der Waals surface area contributed by atoms with Gasteiger partial charge in [-0.1, -0.05) is 0 Å². The molecule has 2 aromatic rings. The molecule has 3 rings (SSSR count). The summed E-state index contributed by atoms with van der Waals surface area (Å²) >= 11 is 0. The van der Waals surface area contributed by atoms with Crippen LogP contribution in [0.1, 0.15) is 30.1 Å². The number of nitrogens with zero attached hydrogens (tertiary/aromatic N) is 2. The Morgan fingerprint density at radius 2 is 2.14 bits per heavy atom. The van der Waals surface area contributed by atoms with Gasteiger partial charge < -0.3 is 15.0 Å². The first-order valence-electron chi connectivity index (χ1n) is 7.05. The number of anilines is 1. The highest BCUT2D eigenvalue weighted by Gasteiger charge is 2.31. The van der Waals surface area contributed by atoms with Crippen molar-refractivity contribution in [3.8, 4) is 5.69 Å². The lowest BCUT2D eigenvalue weighted by molar-refractivity contribution is -0.137. The molecule has 0 aliphatic carbocycles. The van der Waals surface area contributed by atoms with Crippen molar-refractivity contribution in [3.05, 3.63) is 42.0 Å². The number of ether oxygens (including phenoxy) is 1. The first kappa shape index (κ1) is 14.9. The van der Waals surface area contributed by atoms with E-state index in [1.807, 2.05) is 0 Å². The average molecular weight is 311 g/mol. The molecule has 1 aromatic heterocycles. The van der Waals surface area contributed by atoms with Crippen LogP contribution in [0.2, 0.25) is 0 Å². The quantitative estimate of drug-likeness (QED) is 0.865. The van der Waals surface area contributed by atoms with E-state index < -0.39 is 11.7 Å². The molecule has 1 atom stereocenters. The van der Waals surface area contributed by atoms with E-state index in [-0.39, 0.29) is 11.6 Å². The number of nitrogen functional groups attached to an aromatic ring is 1. The number of rotatable bonds is 2. The normalized spacial score (nSPS) is 19.3. The van der Waals surface area contributed by atoms with Crippen LogP contribution >= 0.6 is 0 Å². The summed E-state index contributed by atoms with van der Waals surface area (Å²) in [5, 5.41) is 0. The molecular weight excluding hydrogens is 295 g/mol. The van der Waals surface area contributed by atoms with Crippen molar-refractivity contribution < 1.29 is 17.9 Å². The van der Waals surface area contributed by atoms with Crippen LogP contribution in [0, 0.1) is 0 Å². The van der Waals surface area contributed by atoms with Crippen LogP contribution < -0.4 is 5.73 Å². The maximum atomic E-state index is 12.7. The van der Waals surface area contributed by atoms with Crippen LogP contribution in [0.4, 0.5) is 18.9 Å². The number of imidazole rings is 1. The molecule has 0 saturated carbocycles. The molecule has 0 radical (unpaired) electrons. The monoisotopic (exact) mass is 311 g/mol. The van der Waals surface area contributed by atoms with E-state index in [0.717, 1.165) is 37.4 Å². The summed E-state index contributed by atoms with van der Waals surface area (Å²) < 4.78 is 45.4. The summed E-state index contributed by atoms with van der Waals surface area (Å²) in [5.41, 5.74) is 5.65. The largest absolute Gasteiger partial charge is 0.416 e. The van der Waals surface area contributed by atoms with Crippen LogP contribution in [0.25, 0.3) is 5.69 Å². The van der Waals surface area contributed by atoms with Gasteiger partial charge in [-0.3, -0.25) is 0 Å². The lowest BCUT2D eigenvalue weighted by Gasteiger charge is -2.23. The lowest BCUT2D eigenvalue weighted by Crippen LogP contribution is -2.19. The Kier molecular flexibility index (Phi) is 3.82. The molecule has 1 aliphatic heterocycles. The second-order valence-corrected chi connectivity index (χ2v) is 5.34. The highest BCUT2D eigenvalue weighted by molar-refractivity contribution is 5.60. The average Bonchev–Trinajstić information content (AvgIpc) is 2.96. The molecule has 2 heterocycles. The van der Waals surface area contributed by atoms with Gasteiger partial charge in [0.05, 0.1) is 23.5 Å². The summed E-state index contributed by atoms with van der Waals surface area (Å²) in [6, 6.07) is 3.37. The van der Waals surface area contributed by atoms with E-state index in [4.69, 9.17) is 10.5 Å². The van der Waals surface area contributed by atoms with Gasteiger partial charge in [-0.15, -0.1) is 0 Å². The predicted molar refractivity (Wildman–Crippen MR) is 75.8 cm³/mol. The van der Waals surface area contributed by atoms with Crippen LogP contribution in [-0.4, -0.2) is 22.8 Å². The van der Waals surface area contributed by atoms with Gasteiger partial charge in [0.1, 0.15) is 5.82 Å². The molecule has 118 valence electrons. The summed E-state index contributed by atoms with van der Waals surface area (Å²) in [4.78, 5) is 4.33. The topological polar surface area (TPSA) is 53.1 Å². The first-order valence-corrected chi connectivity index (χ1v) is 7.05. The van der Waals surface area contributed by atoms with Crippen LogP contribution in [0.15, 0.2) is 30.6 Å². The zero-order valence-corrected chi connectivity index (χ0v) is 11.8. The van der Waals surface area contributed by atoms with Gasteiger partial charge in [0.15, 0.2) is 0 Å². The summed E-state index contributed by atoms with van der Waals surface area (Å²) in [7, 11) is 0. The zero-order chi connectivity index (χ0) is 15.7. The molecule has 22 heavy (non-hydrogen) atoms. The number of aromatic nitrogens is 2. The summed E-state index contributed by atoms with van der Waals surface area (Å²) in [5.74, 6) is 0.900. The maximum absolute atomic E-state index is 12.7. The molecule has 1 fully saturated rings. The van der Waals surface area contributed by atoms with E-state index in [9.17, 15) is 13.2 Å². The minimum Gasteiger partial charge on any atom is -0.397 e. The fourth-order valence-electron chi connectivity index (χ4n) is 2.72. The van der Waals surface area contributed by atoms with Crippen molar-refractivity contribution >= 4 is 5.69 Å². The predicted octanol–water partition coefficient (Wildman–Crippen LogP) is 3.37. The molecule has 0 amide bonds. The summed E-state index contributed by atoms with van der Waals surface area (Å²) in [6.07, 6.45) is 0.823. The maximum Gasteiger partial charge on any atom is 0.416 e. The Hall–Kier alpha value is -2.02. The lowest BCUT2D eigenvalue weighted by atomic mass is 10.0. The zero-order valence-electron chi connectivity index (χ0n) is 11.8. The van der Waals surface area contributed by atoms with E-state index >= 15 is 0 Å². The van der Waals surface area contributed by atoms with Gasteiger partial charge >= 0.3 is 6.18 Å². The number of alkyl halides is 3. The van der Waals surface area contributed by atoms with Crippen molar-refractivity contribution in [3.63, 3.8) is 0 Å². The molecule has 0 bridgehead atoms. The van der Waals surface area contributed by atoms with Gasteiger partial charge in [-0.25, -0.2) is 4.98 Å². The van der Waals surface area contributed by atoms with Gasteiger partial charge in [-0.2, -0.15) is 13.2 Å². The molecule has 2 N–H and O–H groups in total. The minimum absolute atomic E-state index is 0.0748. The number of halogens is 3. The number of hydrogen-bond donors (Lipinski definition) is 1. The van der Waals surface area contributed by atoms with E-state index in [1.54, 1.807) is 17.0 Å². The minimum atomic E-state index is -4.40.